The Morgan fingerprint density at radius 2 is 1.57 bits per heavy atom. The lowest BCUT2D eigenvalue weighted by Gasteiger charge is -2.15. The Hall–Kier alpha value is -3.77. The molecule has 0 atom stereocenters. The average Bonchev–Trinajstić information content (AvgIpc) is 3.13. The Morgan fingerprint density at radius 3 is 2.40 bits per heavy atom. The Morgan fingerprint density at radius 1 is 0.829 bits per heavy atom. The molecule has 0 N–H and O–H groups in total. The van der Waals surface area contributed by atoms with Crippen molar-refractivity contribution in [1.29, 1.82) is 0 Å². The summed E-state index contributed by atoms with van der Waals surface area (Å²) in [5.74, 6) is 1.11. The molecule has 1 aliphatic rings. The van der Waals surface area contributed by atoms with Gasteiger partial charge in [-0.3, -0.25) is 14.5 Å². The van der Waals surface area contributed by atoms with Gasteiger partial charge in [0.2, 0.25) is 0 Å². The smallest absolute Gasteiger partial charge is 0.293 e. The zero-order valence-corrected chi connectivity index (χ0v) is 20.4. The third kappa shape index (κ3) is 4.49. The summed E-state index contributed by atoms with van der Waals surface area (Å²) in [6.07, 6.45) is 1.77. The van der Waals surface area contributed by atoms with Crippen LogP contribution in [0.2, 0.25) is 0 Å². The van der Waals surface area contributed by atoms with E-state index in [0.717, 1.165) is 50.2 Å². The van der Waals surface area contributed by atoms with E-state index in [4.69, 9.17) is 9.47 Å². The van der Waals surface area contributed by atoms with Crippen molar-refractivity contribution in [3.05, 3.63) is 88.8 Å². The summed E-state index contributed by atoms with van der Waals surface area (Å²) in [6.45, 7) is 5.13. The van der Waals surface area contributed by atoms with Gasteiger partial charge in [0.25, 0.3) is 11.1 Å². The van der Waals surface area contributed by atoms with Crippen LogP contribution in [0.1, 0.15) is 25.0 Å². The van der Waals surface area contributed by atoms with Crippen molar-refractivity contribution in [2.24, 2.45) is 0 Å². The first-order chi connectivity index (χ1) is 17.1. The third-order valence-corrected chi connectivity index (χ3v) is 6.87. The number of imide groups is 1. The molecule has 0 aliphatic carbocycles. The fourth-order valence-corrected chi connectivity index (χ4v) is 5.18. The second-order valence-electron chi connectivity index (χ2n) is 8.13. The summed E-state index contributed by atoms with van der Waals surface area (Å²) >= 11 is 0.963. The minimum Gasteiger partial charge on any atom is -0.494 e. The first-order valence-electron chi connectivity index (χ1n) is 11.6. The minimum absolute atomic E-state index is 0.228. The van der Waals surface area contributed by atoms with Gasteiger partial charge in [-0.25, -0.2) is 0 Å². The zero-order valence-electron chi connectivity index (χ0n) is 19.6. The number of carbonyl (C=O) groups is 2. The largest absolute Gasteiger partial charge is 0.494 e. The van der Waals surface area contributed by atoms with E-state index in [0.29, 0.717) is 23.9 Å². The van der Waals surface area contributed by atoms with E-state index in [2.05, 4.69) is 0 Å². The number of hydrogen-bond acceptors (Lipinski definition) is 5. The standard InChI is InChI=1S/C29H25NO4S/c1-3-33-22-14-12-20-13-15-26(34-4-2)25(24(20)16-22)17-27-28(31)30(29(32)35-27)18-21-10-7-9-19-8-5-6-11-23(19)21/h5-17H,3-4,18H2,1-2H3/b27-17-. The predicted molar refractivity (Wildman–Crippen MR) is 142 cm³/mol. The third-order valence-electron chi connectivity index (χ3n) is 5.96. The summed E-state index contributed by atoms with van der Waals surface area (Å²) in [5, 5.41) is 3.74. The van der Waals surface area contributed by atoms with Gasteiger partial charge in [-0.05, 0) is 77.0 Å². The molecule has 1 saturated heterocycles. The second-order valence-corrected chi connectivity index (χ2v) is 9.13. The number of nitrogens with zero attached hydrogens (tertiary/aromatic N) is 1. The van der Waals surface area contributed by atoms with Gasteiger partial charge in [-0.2, -0.15) is 0 Å². The molecule has 0 spiro atoms. The van der Waals surface area contributed by atoms with Crippen molar-refractivity contribution in [3.8, 4) is 11.5 Å². The Bertz CT molecular complexity index is 1470. The molecular formula is C29H25NO4S. The molecule has 0 radical (unpaired) electrons. The summed E-state index contributed by atoms with van der Waals surface area (Å²) in [6, 6.07) is 23.7. The number of ether oxygens (including phenoxy) is 2. The van der Waals surface area contributed by atoms with Gasteiger partial charge in [-0.1, -0.05) is 54.6 Å². The second kappa shape index (κ2) is 9.84. The monoisotopic (exact) mass is 483 g/mol. The Labute approximate surface area is 208 Å². The highest BCUT2D eigenvalue weighted by atomic mass is 32.2. The maximum absolute atomic E-state index is 13.4. The van der Waals surface area contributed by atoms with Crippen LogP contribution in [0.3, 0.4) is 0 Å². The molecule has 0 aromatic heterocycles. The van der Waals surface area contributed by atoms with E-state index < -0.39 is 0 Å². The molecule has 4 aromatic rings. The van der Waals surface area contributed by atoms with Crippen LogP contribution in [-0.4, -0.2) is 29.3 Å². The van der Waals surface area contributed by atoms with E-state index in [-0.39, 0.29) is 17.7 Å². The topological polar surface area (TPSA) is 55.8 Å². The van der Waals surface area contributed by atoms with Crippen LogP contribution in [0, 0.1) is 0 Å². The van der Waals surface area contributed by atoms with Crippen molar-refractivity contribution in [1.82, 2.24) is 4.90 Å². The molecule has 0 bridgehead atoms. The summed E-state index contributed by atoms with van der Waals surface area (Å²) in [7, 11) is 0. The quantitative estimate of drug-likeness (QED) is 0.264. The minimum atomic E-state index is -0.298. The summed E-state index contributed by atoms with van der Waals surface area (Å²) in [5.41, 5.74) is 1.70. The van der Waals surface area contributed by atoms with Crippen molar-refractivity contribution in [2.45, 2.75) is 20.4 Å². The maximum Gasteiger partial charge on any atom is 0.293 e. The van der Waals surface area contributed by atoms with Gasteiger partial charge in [0.15, 0.2) is 0 Å². The Balaban J connectivity index is 1.54. The van der Waals surface area contributed by atoms with Crippen LogP contribution in [0.5, 0.6) is 11.5 Å². The van der Waals surface area contributed by atoms with E-state index in [9.17, 15) is 9.59 Å². The fourth-order valence-electron chi connectivity index (χ4n) is 4.36. The molecule has 5 nitrogen and oxygen atoms in total. The number of amides is 2. The molecule has 6 heteroatoms. The van der Waals surface area contributed by atoms with Gasteiger partial charge >= 0.3 is 0 Å². The van der Waals surface area contributed by atoms with Crippen molar-refractivity contribution < 1.29 is 19.1 Å². The van der Waals surface area contributed by atoms with Crippen LogP contribution in [0.15, 0.2) is 77.7 Å². The molecule has 35 heavy (non-hydrogen) atoms. The Kier molecular flexibility index (Phi) is 6.47. The zero-order chi connectivity index (χ0) is 24.4. The lowest BCUT2D eigenvalue weighted by Crippen LogP contribution is -2.27. The van der Waals surface area contributed by atoms with Crippen LogP contribution in [0.25, 0.3) is 27.6 Å². The molecule has 1 heterocycles. The number of thioether (sulfide) groups is 1. The van der Waals surface area contributed by atoms with Crippen molar-refractivity contribution in [2.75, 3.05) is 13.2 Å². The average molecular weight is 484 g/mol. The van der Waals surface area contributed by atoms with Gasteiger partial charge < -0.3 is 9.47 Å². The molecule has 0 saturated carbocycles. The van der Waals surface area contributed by atoms with E-state index >= 15 is 0 Å². The van der Waals surface area contributed by atoms with Crippen LogP contribution in [-0.2, 0) is 11.3 Å². The van der Waals surface area contributed by atoms with E-state index in [1.54, 1.807) is 6.08 Å². The van der Waals surface area contributed by atoms with E-state index in [1.165, 1.54) is 4.90 Å². The molecule has 1 aliphatic heterocycles. The molecule has 0 unspecified atom stereocenters. The van der Waals surface area contributed by atoms with Crippen LogP contribution >= 0.6 is 11.8 Å². The van der Waals surface area contributed by atoms with Gasteiger partial charge in [0.05, 0.1) is 24.7 Å². The first-order valence-corrected chi connectivity index (χ1v) is 12.4. The maximum atomic E-state index is 13.4. The number of fused-ring (bicyclic) bond motifs is 2. The summed E-state index contributed by atoms with van der Waals surface area (Å²) < 4.78 is 11.6. The molecule has 176 valence electrons. The molecule has 5 rings (SSSR count). The van der Waals surface area contributed by atoms with Crippen molar-refractivity contribution >= 4 is 50.5 Å². The van der Waals surface area contributed by atoms with Crippen LogP contribution in [0.4, 0.5) is 4.79 Å². The number of hydrogen-bond donors (Lipinski definition) is 0. The van der Waals surface area contributed by atoms with Crippen molar-refractivity contribution in [3.63, 3.8) is 0 Å². The van der Waals surface area contributed by atoms with Crippen LogP contribution < -0.4 is 9.47 Å². The van der Waals surface area contributed by atoms with E-state index in [1.807, 2.05) is 86.6 Å². The molecule has 4 aromatic carbocycles. The first kappa shape index (κ1) is 23.0. The highest BCUT2D eigenvalue weighted by Crippen LogP contribution is 2.38. The lowest BCUT2D eigenvalue weighted by atomic mass is 10.0. The predicted octanol–water partition coefficient (Wildman–Crippen LogP) is 7.03. The lowest BCUT2D eigenvalue weighted by molar-refractivity contribution is -0.123. The number of carbonyl (C=O) groups excluding carboxylic acids is 2. The fraction of sp³-hybridized carbons (Fsp3) is 0.172. The molecular weight excluding hydrogens is 458 g/mol. The highest BCUT2D eigenvalue weighted by molar-refractivity contribution is 8.18. The SMILES string of the molecule is CCOc1ccc2ccc(OCC)c(/C=C3\SC(=O)N(Cc4cccc5ccccc45)C3=O)c2c1. The van der Waals surface area contributed by atoms with Gasteiger partial charge in [0, 0.05) is 5.56 Å². The summed E-state index contributed by atoms with van der Waals surface area (Å²) in [4.78, 5) is 28.0. The van der Waals surface area contributed by atoms with Gasteiger partial charge in [0.1, 0.15) is 11.5 Å². The normalized spacial score (nSPS) is 14.9. The number of benzene rings is 4. The molecule has 1 fully saturated rings. The van der Waals surface area contributed by atoms with Gasteiger partial charge in [-0.15, -0.1) is 0 Å². The molecule has 2 amide bonds. The highest BCUT2D eigenvalue weighted by Gasteiger charge is 2.35. The number of rotatable bonds is 7.